The third kappa shape index (κ3) is 5.63. The van der Waals surface area contributed by atoms with Crippen molar-refractivity contribution in [2.24, 2.45) is 0 Å². The molecule has 0 heterocycles. The third-order valence-electron chi connectivity index (χ3n) is 3.44. The molecule has 0 spiro atoms. The second-order valence-electron chi connectivity index (χ2n) is 6.31. The average Bonchev–Trinajstić information content (AvgIpc) is 2.45. The van der Waals surface area contributed by atoms with E-state index in [-0.39, 0.29) is 12.8 Å². The van der Waals surface area contributed by atoms with Crippen LogP contribution in [0.4, 0.5) is 10.5 Å². The van der Waals surface area contributed by atoms with Crippen LogP contribution in [-0.2, 0) is 11.3 Å². The van der Waals surface area contributed by atoms with Crippen molar-refractivity contribution in [1.29, 1.82) is 0 Å². The van der Waals surface area contributed by atoms with E-state index in [0.717, 1.165) is 6.42 Å². The molecular weight excluding hydrogens is 296 g/mol. The molecule has 1 unspecified atom stereocenters. The number of nitrogen functional groups attached to an aromatic ring is 1. The molecule has 0 radical (unpaired) electrons. The zero-order valence-electron chi connectivity index (χ0n) is 14.6. The summed E-state index contributed by atoms with van der Waals surface area (Å²) in [4.78, 5) is 12.8. The summed E-state index contributed by atoms with van der Waals surface area (Å²) in [5.41, 5.74) is 6.73. The molecule has 0 aliphatic rings. The molecule has 130 valence electrons. The first-order valence-corrected chi connectivity index (χ1v) is 7.86. The van der Waals surface area contributed by atoms with E-state index in [2.05, 4.69) is 0 Å². The molecule has 1 rings (SSSR count). The summed E-state index contributed by atoms with van der Waals surface area (Å²) in [6, 6.07) is 5.27. The van der Waals surface area contributed by atoms with Crippen molar-refractivity contribution in [3.63, 3.8) is 0 Å². The minimum Gasteiger partial charge on any atom is -0.465 e. The molecule has 0 aliphatic carbocycles. The van der Waals surface area contributed by atoms with Crippen LogP contribution in [0.5, 0.6) is 5.75 Å². The van der Waals surface area contributed by atoms with Gasteiger partial charge in [-0.3, -0.25) is 4.90 Å². The maximum absolute atomic E-state index is 11.5. The number of carboxylic acid groups (broad SMARTS) is 1. The second-order valence-corrected chi connectivity index (χ2v) is 6.31. The summed E-state index contributed by atoms with van der Waals surface area (Å²) in [6.07, 6.45) is -0.588. The van der Waals surface area contributed by atoms with Crippen LogP contribution in [0.1, 0.15) is 46.6 Å². The molecule has 0 aromatic heterocycles. The molecule has 0 fully saturated rings. The van der Waals surface area contributed by atoms with Crippen LogP contribution in [0.25, 0.3) is 0 Å². The summed E-state index contributed by atoms with van der Waals surface area (Å²) in [5.74, 6) is 0.619. The van der Waals surface area contributed by atoms with Crippen molar-refractivity contribution < 1.29 is 19.4 Å². The fourth-order valence-corrected chi connectivity index (χ4v) is 2.13. The molecule has 6 heteroatoms. The van der Waals surface area contributed by atoms with Crippen LogP contribution in [0.3, 0.4) is 0 Å². The maximum Gasteiger partial charge on any atom is 0.408 e. The highest BCUT2D eigenvalue weighted by atomic mass is 16.7. The van der Waals surface area contributed by atoms with E-state index in [1.54, 1.807) is 18.2 Å². The Balaban J connectivity index is 2.99. The number of hydrogen-bond acceptors (Lipinski definition) is 4. The minimum absolute atomic E-state index is 0.202. The molecule has 1 amide bonds. The minimum atomic E-state index is -0.982. The summed E-state index contributed by atoms with van der Waals surface area (Å²) < 4.78 is 11.3. The Morgan fingerprint density at radius 2 is 2.00 bits per heavy atom. The van der Waals surface area contributed by atoms with Gasteiger partial charge in [0.05, 0.1) is 6.54 Å². The third-order valence-corrected chi connectivity index (χ3v) is 3.44. The number of nitrogens with two attached hydrogens (primary N) is 1. The summed E-state index contributed by atoms with van der Waals surface area (Å²) in [6.45, 7) is 10.2. The molecule has 0 saturated carbocycles. The van der Waals surface area contributed by atoms with Crippen LogP contribution >= 0.6 is 0 Å². The molecule has 1 aromatic rings. The molecule has 23 heavy (non-hydrogen) atoms. The van der Waals surface area contributed by atoms with Gasteiger partial charge in [-0.15, -0.1) is 0 Å². The van der Waals surface area contributed by atoms with Gasteiger partial charge in [-0.1, -0.05) is 6.92 Å². The standard InChI is InChI=1S/C17H28N2O4/c1-6-15(22-7-2)23-13-8-9-14(18)12(10-13)11-19(16(20)21)17(3,4)5/h8-10,15H,6-7,11,18H2,1-5H3,(H,20,21). The number of hydrogen-bond donors (Lipinski definition) is 2. The lowest BCUT2D eigenvalue weighted by atomic mass is 10.0. The van der Waals surface area contributed by atoms with Crippen molar-refractivity contribution in [2.75, 3.05) is 12.3 Å². The van der Waals surface area contributed by atoms with Crippen molar-refractivity contribution in [3.8, 4) is 5.75 Å². The Bertz CT molecular complexity index is 526. The van der Waals surface area contributed by atoms with Gasteiger partial charge < -0.3 is 20.3 Å². The van der Waals surface area contributed by atoms with E-state index >= 15 is 0 Å². The lowest BCUT2D eigenvalue weighted by Gasteiger charge is -2.33. The molecule has 6 nitrogen and oxygen atoms in total. The summed E-state index contributed by atoms with van der Waals surface area (Å²) in [7, 11) is 0. The lowest BCUT2D eigenvalue weighted by molar-refractivity contribution is -0.0767. The molecule has 0 bridgehead atoms. The zero-order chi connectivity index (χ0) is 17.6. The van der Waals surface area contributed by atoms with Crippen LogP contribution in [0, 0.1) is 0 Å². The van der Waals surface area contributed by atoms with E-state index in [1.165, 1.54) is 4.90 Å². The highest BCUT2D eigenvalue weighted by Crippen LogP contribution is 2.25. The van der Waals surface area contributed by atoms with Gasteiger partial charge in [-0.2, -0.15) is 0 Å². The summed E-state index contributed by atoms with van der Waals surface area (Å²) in [5, 5.41) is 9.42. The van der Waals surface area contributed by atoms with E-state index < -0.39 is 11.6 Å². The van der Waals surface area contributed by atoms with E-state index in [1.807, 2.05) is 34.6 Å². The number of ether oxygens (including phenoxy) is 2. The number of anilines is 1. The normalized spacial score (nSPS) is 12.7. The maximum atomic E-state index is 11.5. The Morgan fingerprint density at radius 3 is 2.48 bits per heavy atom. The first-order valence-electron chi connectivity index (χ1n) is 7.86. The first-order chi connectivity index (χ1) is 10.7. The number of carbonyl (C=O) groups is 1. The first kappa shape index (κ1) is 19.1. The van der Waals surface area contributed by atoms with Gasteiger partial charge in [0.1, 0.15) is 5.75 Å². The second kappa shape index (κ2) is 8.06. The largest absolute Gasteiger partial charge is 0.465 e. The van der Waals surface area contributed by atoms with Crippen molar-refractivity contribution in [3.05, 3.63) is 23.8 Å². The SMILES string of the molecule is CCOC(CC)Oc1ccc(N)c(CN(C(=O)O)C(C)(C)C)c1. The molecule has 0 aliphatic heterocycles. The number of rotatable bonds is 7. The highest BCUT2D eigenvalue weighted by Gasteiger charge is 2.26. The van der Waals surface area contributed by atoms with E-state index in [4.69, 9.17) is 15.2 Å². The van der Waals surface area contributed by atoms with Gasteiger partial charge >= 0.3 is 6.09 Å². The lowest BCUT2D eigenvalue weighted by Crippen LogP contribution is -2.44. The van der Waals surface area contributed by atoms with Crippen molar-refractivity contribution >= 4 is 11.8 Å². The summed E-state index contributed by atoms with van der Waals surface area (Å²) >= 11 is 0. The van der Waals surface area contributed by atoms with Crippen LogP contribution < -0.4 is 10.5 Å². The molecule has 3 N–H and O–H groups in total. The quantitative estimate of drug-likeness (QED) is 0.590. The molecule has 1 atom stereocenters. The Labute approximate surface area is 138 Å². The van der Waals surface area contributed by atoms with Crippen LogP contribution in [0.2, 0.25) is 0 Å². The number of amides is 1. The Morgan fingerprint density at radius 1 is 1.35 bits per heavy atom. The predicted octanol–water partition coefficient (Wildman–Crippen LogP) is 3.70. The van der Waals surface area contributed by atoms with Gasteiger partial charge in [0, 0.05) is 24.3 Å². The van der Waals surface area contributed by atoms with Gasteiger partial charge in [-0.05, 0) is 51.5 Å². The zero-order valence-corrected chi connectivity index (χ0v) is 14.6. The molecule has 1 aromatic carbocycles. The molecular formula is C17H28N2O4. The predicted molar refractivity (Wildman–Crippen MR) is 90.5 cm³/mol. The van der Waals surface area contributed by atoms with Gasteiger partial charge in [0.25, 0.3) is 0 Å². The Hall–Kier alpha value is -1.95. The number of benzene rings is 1. The van der Waals surface area contributed by atoms with Gasteiger partial charge in [0.15, 0.2) is 6.29 Å². The monoisotopic (exact) mass is 324 g/mol. The highest BCUT2D eigenvalue weighted by molar-refractivity contribution is 5.66. The Kier molecular flexibility index (Phi) is 6.69. The van der Waals surface area contributed by atoms with Crippen molar-refractivity contribution in [2.45, 2.75) is 59.4 Å². The van der Waals surface area contributed by atoms with Crippen LogP contribution in [-0.4, -0.2) is 34.5 Å². The van der Waals surface area contributed by atoms with Crippen LogP contribution in [0.15, 0.2) is 18.2 Å². The number of nitrogens with zero attached hydrogens (tertiary/aromatic N) is 1. The average molecular weight is 324 g/mol. The fraction of sp³-hybridized carbons (Fsp3) is 0.588. The molecule has 0 saturated heterocycles. The van der Waals surface area contributed by atoms with Gasteiger partial charge in [-0.25, -0.2) is 4.79 Å². The van der Waals surface area contributed by atoms with E-state index in [9.17, 15) is 9.90 Å². The van der Waals surface area contributed by atoms with Gasteiger partial charge in [0.2, 0.25) is 0 Å². The van der Waals surface area contributed by atoms with E-state index in [0.29, 0.717) is 23.6 Å². The fourth-order valence-electron chi connectivity index (χ4n) is 2.13. The van der Waals surface area contributed by atoms with Crippen molar-refractivity contribution in [1.82, 2.24) is 4.90 Å². The topological polar surface area (TPSA) is 85.0 Å². The smallest absolute Gasteiger partial charge is 0.408 e.